The smallest absolute Gasteiger partial charge is 0.430 e. The Morgan fingerprint density at radius 1 is 1.14 bits per heavy atom. The molecule has 1 fully saturated rings. The SMILES string of the molecule is CCOC(=O)NN(C(=O)OCC)[C@@]1(CC2CCCCC2)C(=O)Nc2ccccc21. The van der Waals surface area contributed by atoms with E-state index >= 15 is 0 Å². The van der Waals surface area contributed by atoms with Crippen LogP contribution in [0, 0.1) is 5.92 Å². The number of amides is 3. The number of benzene rings is 1. The molecule has 3 rings (SSSR count). The van der Waals surface area contributed by atoms with E-state index in [4.69, 9.17) is 9.47 Å². The van der Waals surface area contributed by atoms with Gasteiger partial charge in [-0.2, -0.15) is 5.01 Å². The second kappa shape index (κ2) is 9.15. The molecule has 0 aromatic heterocycles. The first-order valence-corrected chi connectivity index (χ1v) is 10.3. The van der Waals surface area contributed by atoms with Gasteiger partial charge in [-0.3, -0.25) is 4.79 Å². The predicted octanol–water partition coefficient (Wildman–Crippen LogP) is 3.92. The third-order valence-corrected chi connectivity index (χ3v) is 5.62. The molecule has 1 aliphatic heterocycles. The monoisotopic (exact) mass is 403 g/mol. The minimum absolute atomic E-state index is 0.114. The topological polar surface area (TPSA) is 97.0 Å². The highest BCUT2D eigenvalue weighted by atomic mass is 16.6. The number of nitrogens with zero attached hydrogens (tertiary/aromatic N) is 1. The van der Waals surface area contributed by atoms with Gasteiger partial charge in [0.15, 0.2) is 5.54 Å². The van der Waals surface area contributed by atoms with Crippen LogP contribution in [-0.4, -0.2) is 36.3 Å². The van der Waals surface area contributed by atoms with Crippen LogP contribution in [0.1, 0.15) is 57.9 Å². The van der Waals surface area contributed by atoms with E-state index in [9.17, 15) is 14.4 Å². The van der Waals surface area contributed by atoms with Crippen LogP contribution in [0.2, 0.25) is 0 Å². The fourth-order valence-electron chi connectivity index (χ4n) is 4.37. The van der Waals surface area contributed by atoms with Crippen LogP contribution in [-0.2, 0) is 19.8 Å². The first-order chi connectivity index (χ1) is 14.0. The summed E-state index contributed by atoms with van der Waals surface area (Å²) < 4.78 is 10.2. The van der Waals surface area contributed by atoms with Crippen molar-refractivity contribution >= 4 is 23.8 Å². The summed E-state index contributed by atoms with van der Waals surface area (Å²) in [5, 5.41) is 3.91. The standard InChI is InChI=1S/C21H29N3O5/c1-3-28-19(26)23-24(20(27)29-4-2)21(14-15-10-6-5-7-11-15)16-12-8-9-13-17(16)22-18(21)25/h8-9,12-13,15H,3-7,10-11,14H2,1-2H3,(H,22,25)(H,23,26)/t21-/m1/s1. The lowest BCUT2D eigenvalue weighted by atomic mass is 9.76. The van der Waals surface area contributed by atoms with E-state index in [-0.39, 0.29) is 25.0 Å². The van der Waals surface area contributed by atoms with E-state index in [1.807, 2.05) is 18.2 Å². The summed E-state index contributed by atoms with van der Waals surface area (Å²) in [7, 11) is 0. The number of hydrogen-bond acceptors (Lipinski definition) is 5. The lowest BCUT2D eigenvalue weighted by Gasteiger charge is -2.40. The highest BCUT2D eigenvalue weighted by Gasteiger charge is 2.55. The second-order valence-corrected chi connectivity index (χ2v) is 7.43. The van der Waals surface area contributed by atoms with Crippen molar-refractivity contribution in [3.05, 3.63) is 29.8 Å². The normalized spacial score (nSPS) is 21.1. The molecule has 1 aromatic carbocycles. The molecule has 8 heteroatoms. The zero-order chi connectivity index (χ0) is 20.9. The number of carbonyl (C=O) groups excluding carboxylic acids is 3. The van der Waals surface area contributed by atoms with Gasteiger partial charge in [0.05, 0.1) is 13.2 Å². The van der Waals surface area contributed by atoms with Crippen molar-refractivity contribution in [3.63, 3.8) is 0 Å². The molecular weight excluding hydrogens is 374 g/mol. The van der Waals surface area contributed by atoms with Gasteiger partial charge < -0.3 is 14.8 Å². The Kier molecular flexibility index (Phi) is 6.61. The Bertz CT molecular complexity index is 762. The van der Waals surface area contributed by atoms with Gasteiger partial charge in [-0.15, -0.1) is 0 Å². The molecule has 2 N–H and O–H groups in total. The summed E-state index contributed by atoms with van der Waals surface area (Å²) in [6.45, 7) is 3.60. The molecular formula is C21H29N3O5. The van der Waals surface area contributed by atoms with Crippen molar-refractivity contribution in [1.29, 1.82) is 0 Å². The van der Waals surface area contributed by atoms with E-state index in [0.717, 1.165) is 30.7 Å². The van der Waals surface area contributed by atoms with Crippen LogP contribution < -0.4 is 10.7 Å². The molecule has 0 saturated heterocycles. The number of para-hydroxylation sites is 1. The molecule has 3 amide bonds. The van der Waals surface area contributed by atoms with Crippen molar-refractivity contribution in [1.82, 2.24) is 10.4 Å². The van der Waals surface area contributed by atoms with Crippen molar-refractivity contribution in [3.8, 4) is 0 Å². The van der Waals surface area contributed by atoms with E-state index in [1.165, 1.54) is 6.42 Å². The Balaban J connectivity index is 2.07. The number of carbonyl (C=O) groups is 3. The largest absolute Gasteiger partial charge is 0.449 e. The summed E-state index contributed by atoms with van der Waals surface area (Å²) in [4.78, 5) is 38.5. The van der Waals surface area contributed by atoms with Crippen LogP contribution in [0.25, 0.3) is 0 Å². The minimum Gasteiger partial charge on any atom is -0.449 e. The van der Waals surface area contributed by atoms with Crippen LogP contribution >= 0.6 is 0 Å². The van der Waals surface area contributed by atoms with Gasteiger partial charge in [0, 0.05) is 11.3 Å². The number of ether oxygens (including phenoxy) is 2. The lowest BCUT2D eigenvalue weighted by molar-refractivity contribution is -0.130. The van der Waals surface area contributed by atoms with Gasteiger partial charge in [-0.1, -0.05) is 50.3 Å². The number of nitrogens with one attached hydrogen (secondary N) is 2. The number of hydrazine groups is 1. The zero-order valence-corrected chi connectivity index (χ0v) is 17.0. The Labute approximate surface area is 170 Å². The maximum absolute atomic E-state index is 13.4. The molecule has 1 heterocycles. The van der Waals surface area contributed by atoms with Crippen LogP contribution in [0.5, 0.6) is 0 Å². The molecule has 158 valence electrons. The summed E-state index contributed by atoms with van der Waals surface area (Å²) in [5.74, 6) is -0.101. The van der Waals surface area contributed by atoms with Crippen LogP contribution in [0.15, 0.2) is 24.3 Å². The van der Waals surface area contributed by atoms with Crippen LogP contribution in [0.3, 0.4) is 0 Å². The quantitative estimate of drug-likeness (QED) is 0.726. The molecule has 2 aliphatic rings. The molecule has 0 unspecified atom stereocenters. The van der Waals surface area contributed by atoms with Crippen LogP contribution in [0.4, 0.5) is 15.3 Å². The molecule has 1 aromatic rings. The Morgan fingerprint density at radius 3 is 2.52 bits per heavy atom. The molecule has 8 nitrogen and oxygen atoms in total. The molecule has 0 radical (unpaired) electrons. The number of fused-ring (bicyclic) bond motifs is 1. The Hall–Kier alpha value is -2.77. The highest BCUT2D eigenvalue weighted by molar-refractivity contribution is 6.07. The van der Waals surface area contributed by atoms with Crippen molar-refractivity contribution in [2.24, 2.45) is 5.92 Å². The van der Waals surface area contributed by atoms with E-state index in [2.05, 4.69) is 10.7 Å². The molecule has 0 bridgehead atoms. The maximum atomic E-state index is 13.4. The average Bonchev–Trinajstić information content (AvgIpc) is 2.99. The molecule has 29 heavy (non-hydrogen) atoms. The minimum atomic E-state index is -1.39. The highest BCUT2D eigenvalue weighted by Crippen LogP contribution is 2.46. The van der Waals surface area contributed by atoms with Gasteiger partial charge in [-0.25, -0.2) is 15.0 Å². The zero-order valence-electron chi connectivity index (χ0n) is 17.0. The second-order valence-electron chi connectivity index (χ2n) is 7.43. The van der Waals surface area contributed by atoms with E-state index < -0.39 is 17.7 Å². The van der Waals surface area contributed by atoms with Crippen molar-refractivity contribution in [2.75, 3.05) is 18.5 Å². The first kappa shape index (κ1) is 21.0. The molecule has 1 saturated carbocycles. The third-order valence-electron chi connectivity index (χ3n) is 5.62. The fourth-order valence-corrected chi connectivity index (χ4v) is 4.37. The van der Waals surface area contributed by atoms with Gasteiger partial charge in [0.1, 0.15) is 0 Å². The van der Waals surface area contributed by atoms with E-state index in [0.29, 0.717) is 17.7 Å². The summed E-state index contributed by atoms with van der Waals surface area (Å²) >= 11 is 0. The number of rotatable bonds is 5. The molecule has 1 aliphatic carbocycles. The van der Waals surface area contributed by atoms with E-state index in [1.54, 1.807) is 19.9 Å². The van der Waals surface area contributed by atoms with Gasteiger partial charge in [0.25, 0.3) is 5.91 Å². The van der Waals surface area contributed by atoms with Crippen molar-refractivity contribution < 1.29 is 23.9 Å². The first-order valence-electron chi connectivity index (χ1n) is 10.3. The predicted molar refractivity (Wildman–Crippen MR) is 107 cm³/mol. The van der Waals surface area contributed by atoms with Gasteiger partial charge in [0.2, 0.25) is 0 Å². The molecule has 0 spiro atoms. The lowest BCUT2D eigenvalue weighted by Crippen LogP contribution is -2.62. The summed E-state index contributed by atoms with van der Waals surface area (Å²) in [5.41, 5.74) is 2.38. The van der Waals surface area contributed by atoms with Gasteiger partial charge in [-0.05, 0) is 32.3 Å². The fraction of sp³-hybridized carbons (Fsp3) is 0.571. The Morgan fingerprint density at radius 2 is 1.83 bits per heavy atom. The third kappa shape index (κ3) is 4.16. The molecule has 1 atom stereocenters. The summed E-state index contributed by atoms with van der Waals surface area (Å²) in [6, 6.07) is 7.25. The maximum Gasteiger partial charge on any atom is 0.430 e. The summed E-state index contributed by atoms with van der Waals surface area (Å²) in [6.07, 6.45) is 4.13. The van der Waals surface area contributed by atoms with Gasteiger partial charge >= 0.3 is 12.2 Å². The number of hydrogen-bond donors (Lipinski definition) is 2. The van der Waals surface area contributed by atoms with Crippen molar-refractivity contribution in [2.45, 2.75) is 57.9 Å². The number of anilines is 1. The average molecular weight is 403 g/mol.